The van der Waals surface area contributed by atoms with E-state index < -0.39 is 0 Å². The van der Waals surface area contributed by atoms with E-state index in [4.69, 9.17) is 5.73 Å². The van der Waals surface area contributed by atoms with Crippen molar-refractivity contribution in [2.45, 2.75) is 33.6 Å². The van der Waals surface area contributed by atoms with Crippen LogP contribution in [0.1, 0.15) is 32.2 Å². The number of primary amides is 1. The summed E-state index contributed by atoms with van der Waals surface area (Å²) in [5.74, 6) is 0.477. The molecule has 1 saturated heterocycles. The lowest BCUT2D eigenvalue weighted by Crippen LogP contribution is -2.29. The van der Waals surface area contributed by atoms with Gasteiger partial charge in [-0.1, -0.05) is 20.8 Å². The maximum atomic E-state index is 11.4. The molecule has 2 N–H and O–H groups in total. The van der Waals surface area contributed by atoms with Crippen molar-refractivity contribution in [2.75, 3.05) is 18.0 Å². The van der Waals surface area contributed by atoms with E-state index in [9.17, 15) is 4.79 Å². The predicted octanol–water partition coefficient (Wildman–Crippen LogP) is 0.554. The molecule has 0 radical (unpaired) electrons. The van der Waals surface area contributed by atoms with Crippen LogP contribution in [0, 0.1) is 11.8 Å². The fourth-order valence-electron chi connectivity index (χ4n) is 2.56. The zero-order valence-corrected chi connectivity index (χ0v) is 11.8. The van der Waals surface area contributed by atoms with Crippen LogP contribution in [0.15, 0.2) is 0 Å². The number of rotatable bonds is 4. The Labute approximate surface area is 113 Å². The van der Waals surface area contributed by atoms with Gasteiger partial charge >= 0.3 is 0 Å². The molecule has 19 heavy (non-hydrogen) atoms. The summed E-state index contributed by atoms with van der Waals surface area (Å²) in [6, 6.07) is 0. The first-order valence-corrected chi connectivity index (χ1v) is 6.83. The van der Waals surface area contributed by atoms with E-state index in [-0.39, 0.29) is 17.7 Å². The van der Waals surface area contributed by atoms with Gasteiger partial charge in [0, 0.05) is 13.1 Å². The van der Waals surface area contributed by atoms with Crippen LogP contribution < -0.4 is 10.6 Å². The van der Waals surface area contributed by atoms with Crippen LogP contribution in [0.3, 0.4) is 0 Å². The normalized spacial score (nSPS) is 22.8. The maximum absolute atomic E-state index is 11.4. The van der Waals surface area contributed by atoms with E-state index in [1.54, 1.807) is 0 Å². The predicted molar refractivity (Wildman–Crippen MR) is 72.6 cm³/mol. The minimum Gasteiger partial charge on any atom is -0.369 e. The lowest BCUT2D eigenvalue weighted by Gasteiger charge is -2.16. The minimum absolute atomic E-state index is 0.125. The molecule has 1 aliphatic heterocycles. The molecule has 1 aromatic heterocycles. The molecule has 2 atom stereocenters. The van der Waals surface area contributed by atoms with Gasteiger partial charge in [0.1, 0.15) is 0 Å². The Bertz CT molecular complexity index is 476. The second-order valence-corrected chi connectivity index (χ2v) is 5.10. The van der Waals surface area contributed by atoms with Crippen molar-refractivity contribution < 1.29 is 4.79 Å². The summed E-state index contributed by atoms with van der Waals surface area (Å²) in [6.45, 7) is 7.48. The quantitative estimate of drug-likeness (QED) is 0.857. The fourth-order valence-corrected chi connectivity index (χ4v) is 2.56. The monoisotopic (exact) mass is 263 g/mol. The van der Waals surface area contributed by atoms with Gasteiger partial charge in [-0.05, 0) is 18.8 Å². The molecule has 2 rings (SSSR count). The van der Waals surface area contributed by atoms with Crippen molar-refractivity contribution >= 4 is 11.9 Å². The van der Waals surface area contributed by atoms with Crippen LogP contribution in [0.25, 0.3) is 0 Å². The van der Waals surface area contributed by atoms with Crippen molar-refractivity contribution in [3.63, 3.8) is 0 Å². The summed E-state index contributed by atoms with van der Waals surface area (Å²) in [5.41, 5.74) is 7.35. The number of hydrogen-bond donors (Lipinski definition) is 1. The number of hydrogen-bond acceptors (Lipinski definition) is 5. The van der Waals surface area contributed by atoms with E-state index in [1.807, 2.05) is 18.7 Å². The zero-order valence-electron chi connectivity index (χ0n) is 11.8. The summed E-state index contributed by atoms with van der Waals surface area (Å²) in [5, 5.41) is 8.42. The van der Waals surface area contributed by atoms with Gasteiger partial charge < -0.3 is 10.6 Å². The number of carbonyl (C=O) groups excluding carboxylic acids is 1. The Morgan fingerprint density at radius 1 is 1.26 bits per heavy atom. The molecule has 1 aromatic rings. The average Bonchev–Trinajstić information content (AvgIpc) is 2.80. The van der Waals surface area contributed by atoms with Gasteiger partial charge in [-0.25, -0.2) is 4.98 Å². The number of carbonyl (C=O) groups is 1. The highest BCUT2D eigenvalue weighted by atomic mass is 16.1. The molecule has 0 aliphatic carbocycles. The second kappa shape index (κ2) is 5.50. The first kappa shape index (κ1) is 13.7. The van der Waals surface area contributed by atoms with Crippen LogP contribution >= 0.6 is 0 Å². The molecule has 0 saturated carbocycles. The Balaban J connectivity index is 2.22. The summed E-state index contributed by atoms with van der Waals surface area (Å²) in [6.07, 6.45) is 1.68. The first-order chi connectivity index (χ1) is 9.06. The van der Waals surface area contributed by atoms with Gasteiger partial charge in [0.2, 0.25) is 11.9 Å². The van der Waals surface area contributed by atoms with Crippen molar-refractivity contribution in [2.24, 2.45) is 17.6 Å². The molecule has 0 bridgehead atoms. The molecule has 6 nitrogen and oxygen atoms in total. The highest BCUT2D eigenvalue weighted by Gasteiger charge is 2.34. The molecule has 1 fully saturated rings. The van der Waals surface area contributed by atoms with E-state index in [2.05, 4.69) is 22.1 Å². The SMILES string of the molecule is CCc1nnc(N2C[C@@H](C)[C@H](C(N)=O)C2)nc1CC. The third-order valence-electron chi connectivity index (χ3n) is 3.76. The van der Waals surface area contributed by atoms with Crippen LogP contribution in [-0.2, 0) is 17.6 Å². The van der Waals surface area contributed by atoms with Crippen LogP contribution in [0.5, 0.6) is 0 Å². The average molecular weight is 263 g/mol. The zero-order chi connectivity index (χ0) is 14.0. The number of aromatic nitrogens is 3. The molecule has 6 heteroatoms. The number of anilines is 1. The molecule has 1 aliphatic rings. The first-order valence-electron chi connectivity index (χ1n) is 6.83. The Hall–Kier alpha value is -1.72. The van der Waals surface area contributed by atoms with Gasteiger partial charge in [0.25, 0.3) is 0 Å². The van der Waals surface area contributed by atoms with Gasteiger partial charge in [-0.15, -0.1) is 5.10 Å². The Kier molecular flexibility index (Phi) is 3.97. The van der Waals surface area contributed by atoms with E-state index in [1.165, 1.54) is 0 Å². The Morgan fingerprint density at radius 3 is 2.47 bits per heavy atom. The summed E-state index contributed by atoms with van der Waals surface area (Å²) in [4.78, 5) is 17.9. The maximum Gasteiger partial charge on any atom is 0.245 e. The second-order valence-electron chi connectivity index (χ2n) is 5.10. The molecule has 2 heterocycles. The van der Waals surface area contributed by atoms with E-state index in [0.29, 0.717) is 12.5 Å². The molecule has 104 valence electrons. The molecule has 0 spiro atoms. The van der Waals surface area contributed by atoms with Gasteiger partial charge in [-0.3, -0.25) is 4.79 Å². The molecule has 1 amide bonds. The van der Waals surface area contributed by atoms with Crippen LogP contribution in [0.2, 0.25) is 0 Å². The third-order valence-corrected chi connectivity index (χ3v) is 3.76. The van der Waals surface area contributed by atoms with Gasteiger partial charge in [0.05, 0.1) is 17.3 Å². The highest BCUT2D eigenvalue weighted by molar-refractivity contribution is 5.78. The molecule has 0 unspecified atom stereocenters. The van der Waals surface area contributed by atoms with Crippen molar-refractivity contribution in [3.05, 3.63) is 11.4 Å². The van der Waals surface area contributed by atoms with E-state index in [0.717, 1.165) is 30.8 Å². The number of nitrogens with zero attached hydrogens (tertiary/aromatic N) is 4. The third kappa shape index (κ3) is 2.67. The van der Waals surface area contributed by atoms with Gasteiger partial charge in [0.15, 0.2) is 0 Å². The van der Waals surface area contributed by atoms with Gasteiger partial charge in [-0.2, -0.15) is 5.10 Å². The lowest BCUT2D eigenvalue weighted by atomic mass is 9.98. The van der Waals surface area contributed by atoms with Crippen LogP contribution in [-0.4, -0.2) is 34.2 Å². The number of aryl methyl sites for hydroxylation is 2. The topological polar surface area (TPSA) is 85.0 Å². The smallest absolute Gasteiger partial charge is 0.245 e. The molecular weight excluding hydrogens is 242 g/mol. The molecule has 0 aromatic carbocycles. The fraction of sp³-hybridized carbons (Fsp3) is 0.692. The largest absolute Gasteiger partial charge is 0.369 e. The van der Waals surface area contributed by atoms with Crippen molar-refractivity contribution in [3.8, 4) is 0 Å². The standard InChI is InChI=1S/C13H21N5O/c1-4-10-11(5-2)16-17-13(15-10)18-6-8(3)9(7-18)12(14)19/h8-9H,4-7H2,1-3H3,(H2,14,19)/t8-,9-/m1/s1. The molecular formula is C13H21N5O. The summed E-state index contributed by atoms with van der Waals surface area (Å²) >= 11 is 0. The van der Waals surface area contributed by atoms with Crippen molar-refractivity contribution in [1.29, 1.82) is 0 Å². The van der Waals surface area contributed by atoms with E-state index >= 15 is 0 Å². The number of nitrogens with two attached hydrogens (primary N) is 1. The van der Waals surface area contributed by atoms with Crippen LogP contribution in [0.4, 0.5) is 5.95 Å². The Morgan fingerprint density at radius 2 is 1.95 bits per heavy atom. The minimum atomic E-state index is -0.246. The summed E-state index contributed by atoms with van der Waals surface area (Å²) < 4.78 is 0. The number of amides is 1. The summed E-state index contributed by atoms with van der Waals surface area (Å²) in [7, 11) is 0. The lowest BCUT2D eigenvalue weighted by molar-refractivity contribution is -0.122. The highest BCUT2D eigenvalue weighted by Crippen LogP contribution is 2.25. The van der Waals surface area contributed by atoms with Crippen molar-refractivity contribution in [1.82, 2.24) is 15.2 Å².